The zero-order chi connectivity index (χ0) is 97.0. The summed E-state index contributed by atoms with van der Waals surface area (Å²) < 4.78 is 0. The minimum absolute atomic E-state index is 0.707. The average Bonchev–Trinajstić information content (AvgIpc) is 0.745. The van der Waals surface area contributed by atoms with Gasteiger partial charge in [0.05, 0.1) is 90.2 Å². The maximum Gasteiger partial charge on any atom is 0.160 e. The lowest BCUT2D eigenvalue weighted by Crippen LogP contribution is -1.95. The molecular formula is C133H85N13. The summed E-state index contributed by atoms with van der Waals surface area (Å²) in [6.07, 6.45) is 14.5. The molecule has 27 rings (SSSR count). The predicted octanol–water partition coefficient (Wildman–Crippen LogP) is 33.1. The van der Waals surface area contributed by atoms with E-state index >= 15 is 0 Å². The van der Waals surface area contributed by atoms with Gasteiger partial charge in [-0.3, -0.25) is 24.9 Å². The van der Waals surface area contributed by atoms with Gasteiger partial charge in [0.25, 0.3) is 0 Å². The molecule has 0 spiro atoms. The van der Waals surface area contributed by atoms with Crippen molar-refractivity contribution in [3.8, 4) is 180 Å². The van der Waals surface area contributed by atoms with Crippen LogP contribution in [0.3, 0.4) is 0 Å². The standard InChI is InChI=1S/C46H30N4.C45H29N5.C42H26N4/c1-4-11-32(12-5-1)38-17-10-18-40-44(38)39-24-23-37(29-43(39)48-45(40)35-25-27-47-28-26-35)31-19-21-34(22-20-31)42-30-41(33-13-6-2-7-14-33)49-46(50-42)36-15-8-3-9-16-36;1-2-9-32(10-3-1)36-11-8-12-38-44(36)37-20-19-34(27-41(37)50-45(38)33-21-25-46-26-22-33)30-15-17-31(18-16-30)35-28-42(39-13-4-6-23-47-39)49-43(29-35)40-14-5-7-24-48-40;1-3-8-27(9-4-1)33-12-7-13-35-39(33)34-19-16-32(26-38(34)46-40(35)31-22-24-43-25-23-31)37-21-18-30-15-14-29-17-20-36(28-10-5-2-6-11-28)44-41(29)42(30)45-37/h1-30H;1-29H;1-26H. The van der Waals surface area contributed by atoms with Crippen molar-refractivity contribution >= 4 is 86.8 Å². The second kappa shape index (κ2) is 39.1. The van der Waals surface area contributed by atoms with Gasteiger partial charge < -0.3 is 0 Å². The Balaban J connectivity index is 0.000000114. The second-order valence-corrected chi connectivity index (χ2v) is 35.9. The largest absolute Gasteiger partial charge is 0.265 e. The summed E-state index contributed by atoms with van der Waals surface area (Å²) in [6, 6.07) is 162. The highest BCUT2D eigenvalue weighted by atomic mass is 14.9. The smallest absolute Gasteiger partial charge is 0.160 e. The van der Waals surface area contributed by atoms with Crippen molar-refractivity contribution in [3.05, 3.63) is 517 Å². The van der Waals surface area contributed by atoms with Crippen LogP contribution in [0.5, 0.6) is 0 Å². The van der Waals surface area contributed by atoms with Crippen LogP contribution in [-0.4, -0.2) is 64.8 Å². The van der Waals surface area contributed by atoms with Crippen molar-refractivity contribution in [2.75, 3.05) is 0 Å². The quantitative estimate of drug-likeness (QED) is 0.0839. The highest BCUT2D eigenvalue weighted by Crippen LogP contribution is 2.46. The highest BCUT2D eigenvalue weighted by Gasteiger charge is 2.23. The molecule has 0 atom stereocenters. The normalized spacial score (nSPS) is 11.3. The molecule has 0 bridgehead atoms. The van der Waals surface area contributed by atoms with E-state index in [0.29, 0.717) is 5.82 Å². The van der Waals surface area contributed by atoms with E-state index in [9.17, 15) is 0 Å². The fourth-order valence-electron chi connectivity index (χ4n) is 19.9. The number of hydrogen-bond acceptors (Lipinski definition) is 13. The molecule has 146 heavy (non-hydrogen) atoms. The number of nitrogens with zero attached hydrogens (tertiary/aromatic N) is 13. The molecule has 12 heterocycles. The third-order valence-electron chi connectivity index (χ3n) is 27.0. The monoisotopic (exact) mass is 1860 g/mol. The zero-order valence-electron chi connectivity index (χ0n) is 78.9. The molecule has 27 aromatic rings. The molecule has 0 N–H and O–H groups in total. The first kappa shape index (κ1) is 87.6. The van der Waals surface area contributed by atoms with Crippen molar-refractivity contribution in [3.63, 3.8) is 0 Å². The Morgan fingerprint density at radius 3 is 0.822 bits per heavy atom. The topological polar surface area (TPSA) is 168 Å². The molecule has 0 saturated heterocycles. The first-order valence-electron chi connectivity index (χ1n) is 48.7. The molecule has 0 aliphatic rings. The Hall–Kier alpha value is -19.9. The highest BCUT2D eigenvalue weighted by molar-refractivity contribution is 6.21. The Morgan fingerprint density at radius 2 is 0.445 bits per heavy atom. The molecular weight excluding hydrogens is 1780 g/mol. The van der Waals surface area contributed by atoms with Crippen LogP contribution in [0.1, 0.15) is 0 Å². The Morgan fingerprint density at radius 1 is 0.137 bits per heavy atom. The van der Waals surface area contributed by atoms with Crippen LogP contribution in [0.4, 0.5) is 0 Å². The third-order valence-corrected chi connectivity index (χ3v) is 27.0. The van der Waals surface area contributed by atoms with Crippen LogP contribution in [0.2, 0.25) is 0 Å². The van der Waals surface area contributed by atoms with E-state index in [2.05, 4.69) is 365 Å². The molecule has 0 aliphatic heterocycles. The van der Waals surface area contributed by atoms with E-state index in [1.807, 2.05) is 165 Å². The lowest BCUT2D eigenvalue weighted by molar-refractivity contribution is 1.18. The maximum atomic E-state index is 5.29. The molecule has 13 heteroatoms. The summed E-state index contributed by atoms with van der Waals surface area (Å²) in [5, 5.41) is 12.4. The van der Waals surface area contributed by atoms with Gasteiger partial charge in [0.1, 0.15) is 0 Å². The van der Waals surface area contributed by atoms with Gasteiger partial charge in [-0.2, -0.15) is 0 Å². The molecule has 0 fully saturated rings. The summed E-state index contributed by atoms with van der Waals surface area (Å²) >= 11 is 0. The minimum atomic E-state index is 0.707. The van der Waals surface area contributed by atoms with E-state index in [-0.39, 0.29) is 0 Å². The molecule has 0 radical (unpaired) electrons. The number of benzene rings is 15. The summed E-state index contributed by atoms with van der Waals surface area (Å²) in [6.45, 7) is 0. The summed E-state index contributed by atoms with van der Waals surface area (Å²) in [4.78, 5) is 63.0. The van der Waals surface area contributed by atoms with Gasteiger partial charge in [0, 0.05) is 153 Å². The zero-order valence-corrected chi connectivity index (χ0v) is 78.9. The number of aromatic nitrogens is 13. The lowest BCUT2D eigenvalue weighted by Gasteiger charge is -2.15. The molecule has 0 amide bonds. The first-order valence-corrected chi connectivity index (χ1v) is 48.7. The maximum absolute atomic E-state index is 5.29. The molecule has 15 aromatic carbocycles. The van der Waals surface area contributed by atoms with Gasteiger partial charge in [-0.25, -0.2) is 39.9 Å². The Labute approximate surface area is 842 Å². The third kappa shape index (κ3) is 17.5. The molecule has 12 aromatic heterocycles. The number of fused-ring (bicyclic) bond motifs is 12. The number of hydrogen-bond donors (Lipinski definition) is 0. The average molecular weight is 1870 g/mol. The second-order valence-electron chi connectivity index (χ2n) is 35.9. The SMILES string of the molecule is c1ccc(-c2cc(-c3ccc(-c4ccc5c(c4)nc(-c4ccncc4)c4cccc(-c6ccccc6)c45)cc3)nc(-c3ccccc3)n2)cc1.c1ccc(-c2ccc3ccc4ccc(-c5ccc6c(c5)nc(-c5ccncc5)c5cccc(-c7ccccc7)c56)nc4c3n2)cc1.c1ccc(-c2cccc3c(-c4ccncc4)nc4cc(-c5ccc(-c6cc(-c7ccccn7)nc(-c7ccccn7)c6)cc5)ccc4c23)cc1. The van der Waals surface area contributed by atoms with Crippen molar-refractivity contribution in [2.45, 2.75) is 0 Å². The van der Waals surface area contributed by atoms with Crippen molar-refractivity contribution < 1.29 is 0 Å². The van der Waals surface area contributed by atoms with Crippen LogP contribution in [0.25, 0.3) is 267 Å². The lowest BCUT2D eigenvalue weighted by atomic mass is 9.92. The Kier molecular flexibility index (Phi) is 23.4. The molecule has 13 nitrogen and oxygen atoms in total. The van der Waals surface area contributed by atoms with E-state index < -0.39 is 0 Å². The van der Waals surface area contributed by atoms with Crippen molar-refractivity contribution in [1.29, 1.82) is 0 Å². The van der Waals surface area contributed by atoms with E-state index in [1.54, 1.807) is 12.4 Å². The van der Waals surface area contributed by atoms with Gasteiger partial charge in [-0.1, -0.05) is 358 Å². The van der Waals surface area contributed by atoms with Crippen LogP contribution in [-0.2, 0) is 0 Å². The van der Waals surface area contributed by atoms with E-state index in [4.69, 9.17) is 39.9 Å². The van der Waals surface area contributed by atoms with Crippen LogP contribution >= 0.6 is 0 Å². The fraction of sp³-hybridized carbons (Fsp3) is 0. The summed E-state index contributed by atoms with van der Waals surface area (Å²) in [5.74, 6) is 0.707. The Bertz CT molecular complexity index is 9040. The number of pyridine rings is 11. The van der Waals surface area contributed by atoms with Crippen LogP contribution in [0.15, 0.2) is 517 Å². The minimum Gasteiger partial charge on any atom is -0.265 e. The van der Waals surface area contributed by atoms with Gasteiger partial charge in [-0.15, -0.1) is 0 Å². The van der Waals surface area contributed by atoms with Crippen molar-refractivity contribution in [2.24, 2.45) is 0 Å². The summed E-state index contributed by atoms with van der Waals surface area (Å²) in [5.41, 5.74) is 36.3. The van der Waals surface area contributed by atoms with Gasteiger partial charge in [0.2, 0.25) is 0 Å². The molecule has 0 aliphatic carbocycles. The van der Waals surface area contributed by atoms with Gasteiger partial charge in [-0.05, 0) is 176 Å². The van der Waals surface area contributed by atoms with E-state index in [1.165, 1.54) is 49.5 Å². The van der Waals surface area contributed by atoms with Gasteiger partial charge in [0.15, 0.2) is 5.82 Å². The van der Waals surface area contributed by atoms with Crippen LogP contribution < -0.4 is 0 Å². The van der Waals surface area contributed by atoms with Crippen LogP contribution in [0, 0.1) is 0 Å². The molecule has 0 unspecified atom stereocenters. The fourth-order valence-corrected chi connectivity index (χ4v) is 19.9. The molecule has 0 saturated carbocycles. The predicted molar refractivity (Wildman–Crippen MR) is 598 cm³/mol. The van der Waals surface area contributed by atoms with E-state index in [0.717, 1.165) is 211 Å². The molecule has 682 valence electrons. The number of rotatable bonds is 16. The van der Waals surface area contributed by atoms with Crippen molar-refractivity contribution in [1.82, 2.24) is 64.8 Å². The summed E-state index contributed by atoms with van der Waals surface area (Å²) in [7, 11) is 0. The van der Waals surface area contributed by atoms with Gasteiger partial charge >= 0.3 is 0 Å². The first-order chi connectivity index (χ1) is 72.4.